The van der Waals surface area contributed by atoms with Gasteiger partial charge in [-0.15, -0.1) is 0 Å². The van der Waals surface area contributed by atoms with Gasteiger partial charge in [0.05, 0.1) is 6.54 Å². The molecule has 1 atom stereocenters. The number of benzene rings is 1. The lowest BCUT2D eigenvalue weighted by atomic mass is 9.81. The SMILES string of the molecule is CC(C(=O)N1Cc2ccccc2OC2(CCC(N(C)C)CC2)C1)N1CCCC1=O. The van der Waals surface area contributed by atoms with Crippen molar-refractivity contribution in [3.8, 4) is 5.75 Å². The Morgan fingerprint density at radius 3 is 2.62 bits per heavy atom. The highest BCUT2D eigenvalue weighted by molar-refractivity contribution is 5.88. The summed E-state index contributed by atoms with van der Waals surface area (Å²) in [6, 6.07) is 8.22. The Hall–Kier alpha value is -2.08. The van der Waals surface area contributed by atoms with Gasteiger partial charge < -0.3 is 19.4 Å². The number of ether oxygens (including phenoxy) is 1. The molecule has 6 nitrogen and oxygen atoms in total. The molecule has 2 amide bonds. The van der Waals surface area contributed by atoms with Crippen LogP contribution < -0.4 is 4.74 Å². The van der Waals surface area contributed by atoms with Crippen LogP contribution in [0.15, 0.2) is 24.3 Å². The van der Waals surface area contributed by atoms with Crippen molar-refractivity contribution in [2.45, 2.75) is 69.7 Å². The molecule has 3 aliphatic rings. The quantitative estimate of drug-likeness (QED) is 0.784. The number of hydrogen-bond donors (Lipinski definition) is 0. The molecule has 0 radical (unpaired) electrons. The number of rotatable bonds is 3. The summed E-state index contributed by atoms with van der Waals surface area (Å²) >= 11 is 0. The Balaban J connectivity index is 1.59. The van der Waals surface area contributed by atoms with E-state index in [0.29, 0.717) is 32.1 Å². The van der Waals surface area contributed by atoms with Crippen molar-refractivity contribution < 1.29 is 14.3 Å². The third kappa shape index (κ3) is 4.00. The maximum absolute atomic E-state index is 13.5. The zero-order chi connectivity index (χ0) is 20.6. The molecular weight excluding hydrogens is 366 g/mol. The number of fused-ring (bicyclic) bond motifs is 1. The van der Waals surface area contributed by atoms with Crippen molar-refractivity contribution in [3.05, 3.63) is 29.8 Å². The summed E-state index contributed by atoms with van der Waals surface area (Å²) in [5.74, 6) is 1.03. The lowest BCUT2D eigenvalue weighted by molar-refractivity contribution is -0.145. The monoisotopic (exact) mass is 399 g/mol. The number of nitrogens with zero attached hydrogens (tertiary/aromatic N) is 3. The van der Waals surface area contributed by atoms with Gasteiger partial charge in [0.15, 0.2) is 0 Å². The number of hydrogen-bond acceptors (Lipinski definition) is 4. The highest BCUT2D eigenvalue weighted by atomic mass is 16.5. The molecule has 0 bridgehead atoms. The normalized spacial score (nSPS) is 28.3. The second-order valence-corrected chi connectivity index (χ2v) is 9.15. The van der Waals surface area contributed by atoms with E-state index in [1.807, 2.05) is 36.1 Å². The van der Waals surface area contributed by atoms with Gasteiger partial charge in [-0.1, -0.05) is 18.2 Å². The lowest BCUT2D eigenvalue weighted by Crippen LogP contribution is -2.54. The molecule has 1 spiro atoms. The molecule has 6 heteroatoms. The van der Waals surface area contributed by atoms with E-state index in [1.165, 1.54) is 0 Å². The van der Waals surface area contributed by atoms with Crippen LogP contribution in [0.4, 0.5) is 0 Å². The topological polar surface area (TPSA) is 53.1 Å². The van der Waals surface area contributed by atoms with Gasteiger partial charge in [0.2, 0.25) is 11.8 Å². The molecule has 158 valence electrons. The van der Waals surface area contributed by atoms with Crippen molar-refractivity contribution in [1.82, 2.24) is 14.7 Å². The van der Waals surface area contributed by atoms with Crippen LogP contribution >= 0.6 is 0 Å². The summed E-state index contributed by atoms with van der Waals surface area (Å²) < 4.78 is 6.63. The van der Waals surface area contributed by atoms with Crippen LogP contribution in [0.25, 0.3) is 0 Å². The van der Waals surface area contributed by atoms with Gasteiger partial charge in [-0.25, -0.2) is 0 Å². The van der Waals surface area contributed by atoms with Gasteiger partial charge in [-0.3, -0.25) is 9.59 Å². The van der Waals surface area contributed by atoms with Crippen LogP contribution in [0, 0.1) is 0 Å². The summed E-state index contributed by atoms with van der Waals surface area (Å²) in [6.07, 6.45) is 5.41. The number of carbonyl (C=O) groups is 2. The molecule has 1 saturated carbocycles. The minimum absolute atomic E-state index is 0.0367. The molecule has 1 aromatic carbocycles. The van der Waals surface area contributed by atoms with Crippen molar-refractivity contribution in [2.75, 3.05) is 27.2 Å². The van der Waals surface area contributed by atoms with E-state index < -0.39 is 6.04 Å². The minimum atomic E-state index is -0.412. The summed E-state index contributed by atoms with van der Waals surface area (Å²) in [7, 11) is 4.27. The van der Waals surface area contributed by atoms with Gasteiger partial charge in [-0.2, -0.15) is 0 Å². The number of amides is 2. The Morgan fingerprint density at radius 2 is 1.97 bits per heavy atom. The van der Waals surface area contributed by atoms with E-state index in [4.69, 9.17) is 4.74 Å². The Kier molecular flexibility index (Phi) is 5.56. The first-order valence-electron chi connectivity index (χ1n) is 10.9. The van der Waals surface area contributed by atoms with Crippen molar-refractivity contribution in [2.24, 2.45) is 0 Å². The van der Waals surface area contributed by atoms with E-state index in [0.717, 1.165) is 43.4 Å². The fourth-order valence-electron chi connectivity index (χ4n) is 5.15. The second kappa shape index (κ2) is 7.98. The van der Waals surface area contributed by atoms with Gasteiger partial charge in [0.1, 0.15) is 17.4 Å². The van der Waals surface area contributed by atoms with Crippen molar-refractivity contribution in [3.63, 3.8) is 0 Å². The first kappa shape index (κ1) is 20.2. The van der Waals surface area contributed by atoms with Crippen LogP contribution in [0.2, 0.25) is 0 Å². The van der Waals surface area contributed by atoms with E-state index in [9.17, 15) is 9.59 Å². The molecule has 29 heavy (non-hydrogen) atoms. The van der Waals surface area contributed by atoms with Gasteiger partial charge >= 0.3 is 0 Å². The van der Waals surface area contributed by atoms with E-state index in [2.05, 4.69) is 19.0 Å². The van der Waals surface area contributed by atoms with Crippen LogP contribution in [-0.2, 0) is 16.1 Å². The predicted molar refractivity (Wildman–Crippen MR) is 112 cm³/mol. The van der Waals surface area contributed by atoms with E-state index in [-0.39, 0.29) is 17.4 Å². The maximum Gasteiger partial charge on any atom is 0.245 e. The number of para-hydroxylation sites is 1. The summed E-state index contributed by atoms with van der Waals surface area (Å²) in [6.45, 7) is 3.69. The van der Waals surface area contributed by atoms with Crippen LogP contribution in [0.5, 0.6) is 5.75 Å². The smallest absolute Gasteiger partial charge is 0.245 e. The van der Waals surface area contributed by atoms with E-state index in [1.54, 1.807) is 4.90 Å². The lowest BCUT2D eigenvalue weighted by Gasteiger charge is -2.43. The zero-order valence-electron chi connectivity index (χ0n) is 17.9. The molecule has 1 aromatic rings. The molecule has 1 aliphatic carbocycles. The third-order valence-corrected chi connectivity index (χ3v) is 6.98. The Morgan fingerprint density at radius 1 is 1.24 bits per heavy atom. The summed E-state index contributed by atoms with van der Waals surface area (Å²) in [5.41, 5.74) is 0.705. The zero-order valence-corrected chi connectivity index (χ0v) is 17.9. The molecule has 4 rings (SSSR count). The predicted octanol–water partition coefficient (Wildman–Crippen LogP) is 2.66. The van der Waals surface area contributed by atoms with Crippen molar-refractivity contribution in [1.29, 1.82) is 0 Å². The molecule has 0 aromatic heterocycles. The average molecular weight is 400 g/mol. The molecule has 2 heterocycles. The fraction of sp³-hybridized carbons (Fsp3) is 0.652. The number of likely N-dealkylation sites (tertiary alicyclic amines) is 1. The summed E-state index contributed by atoms with van der Waals surface area (Å²) in [4.78, 5) is 31.6. The van der Waals surface area contributed by atoms with Crippen LogP contribution in [0.3, 0.4) is 0 Å². The molecule has 2 aliphatic heterocycles. The fourth-order valence-corrected chi connectivity index (χ4v) is 5.15. The van der Waals surface area contributed by atoms with Gasteiger partial charge in [0.25, 0.3) is 0 Å². The maximum atomic E-state index is 13.5. The Bertz CT molecular complexity index is 770. The first-order valence-corrected chi connectivity index (χ1v) is 10.9. The number of carbonyl (C=O) groups excluding carboxylic acids is 2. The standard InChI is InChI=1S/C23H33N3O3/c1-17(26-14-6-9-21(26)27)22(28)25-15-18-7-4-5-8-20(18)29-23(16-25)12-10-19(11-13-23)24(2)3/h4-5,7-8,17,19H,6,9-16H2,1-3H3. The van der Waals surface area contributed by atoms with Gasteiger partial charge in [-0.05, 0) is 59.2 Å². The highest BCUT2D eigenvalue weighted by Crippen LogP contribution is 2.39. The molecule has 1 unspecified atom stereocenters. The van der Waals surface area contributed by atoms with Crippen molar-refractivity contribution >= 4 is 11.8 Å². The Labute approximate surface area is 173 Å². The van der Waals surface area contributed by atoms with Crippen LogP contribution in [-0.4, -0.2) is 71.4 Å². The summed E-state index contributed by atoms with van der Waals surface area (Å²) in [5, 5.41) is 0. The average Bonchev–Trinajstić information content (AvgIpc) is 3.06. The minimum Gasteiger partial charge on any atom is -0.485 e. The molecule has 0 N–H and O–H groups in total. The second-order valence-electron chi connectivity index (χ2n) is 9.15. The van der Waals surface area contributed by atoms with Gasteiger partial charge in [0, 0.05) is 31.1 Å². The first-order chi connectivity index (χ1) is 13.9. The highest BCUT2D eigenvalue weighted by Gasteiger charge is 2.44. The molecule has 1 saturated heterocycles. The largest absolute Gasteiger partial charge is 0.485 e. The van der Waals surface area contributed by atoms with Crippen LogP contribution in [0.1, 0.15) is 51.0 Å². The third-order valence-electron chi connectivity index (χ3n) is 6.98. The molecular formula is C23H33N3O3. The molecule has 2 fully saturated rings. The van der Waals surface area contributed by atoms with E-state index >= 15 is 0 Å².